The summed E-state index contributed by atoms with van der Waals surface area (Å²) in [7, 11) is 1.85. The fraction of sp³-hybridized carbons (Fsp3) is 0.636. The fourth-order valence-electron chi connectivity index (χ4n) is 4.54. The Kier molecular flexibility index (Phi) is 6.10. The maximum absolute atomic E-state index is 13.3. The molecular weight excluding hydrogens is 354 g/mol. The summed E-state index contributed by atoms with van der Waals surface area (Å²) in [5.41, 5.74) is 4.63. The van der Waals surface area contributed by atoms with E-state index in [2.05, 4.69) is 31.7 Å². The van der Waals surface area contributed by atoms with Crippen LogP contribution in [0.1, 0.15) is 51.2 Å². The Morgan fingerprint density at radius 2 is 1.93 bits per heavy atom. The normalized spacial score (nSPS) is 21.9. The van der Waals surface area contributed by atoms with Crippen molar-refractivity contribution in [2.45, 2.75) is 58.9 Å². The van der Waals surface area contributed by atoms with Crippen LogP contribution in [0.5, 0.6) is 0 Å². The molecule has 1 unspecified atom stereocenters. The minimum atomic E-state index is -0.338. The number of fused-ring (bicyclic) bond motifs is 1. The van der Waals surface area contributed by atoms with Crippen molar-refractivity contribution in [1.82, 2.24) is 10.4 Å². The number of carbonyl (C=O) groups is 2. The number of hydrogen-bond acceptors (Lipinski definition) is 4. The second-order valence-corrected chi connectivity index (χ2v) is 8.92. The van der Waals surface area contributed by atoms with Crippen LogP contribution in [0.4, 0.5) is 5.69 Å². The van der Waals surface area contributed by atoms with Gasteiger partial charge in [0.1, 0.15) is 0 Å². The molecule has 28 heavy (non-hydrogen) atoms. The lowest BCUT2D eigenvalue weighted by atomic mass is 9.78. The van der Waals surface area contributed by atoms with Gasteiger partial charge >= 0.3 is 0 Å². The molecule has 6 nitrogen and oxygen atoms in total. The van der Waals surface area contributed by atoms with E-state index in [4.69, 9.17) is 5.21 Å². The van der Waals surface area contributed by atoms with Crippen molar-refractivity contribution in [3.05, 3.63) is 29.3 Å². The minimum Gasteiger partial charge on any atom is -0.315 e. The first kappa shape index (κ1) is 20.8. The third-order valence-electron chi connectivity index (χ3n) is 6.74. The number of anilines is 1. The smallest absolute Gasteiger partial charge is 0.246 e. The first-order valence-corrected chi connectivity index (χ1v) is 10.3. The summed E-state index contributed by atoms with van der Waals surface area (Å²) >= 11 is 0. The lowest BCUT2D eigenvalue weighted by molar-refractivity contribution is -0.133. The molecule has 0 spiro atoms. The summed E-state index contributed by atoms with van der Waals surface area (Å²) in [6, 6.07) is 6.64. The molecule has 0 bridgehead atoms. The standard InChI is InChI=1S/C22H33N3O3/c1-15(2)25-11-9-22(3,10-12-25)21(27)24(4)19-8-7-16-5-6-17(20(26)23-28)13-18(16)14-19/h7-8,14-15,17,28H,5-6,9-13H2,1-4H3,(H,23,26). The van der Waals surface area contributed by atoms with E-state index in [0.29, 0.717) is 12.5 Å². The zero-order chi connectivity index (χ0) is 20.5. The topological polar surface area (TPSA) is 72.9 Å². The van der Waals surface area contributed by atoms with E-state index in [1.54, 1.807) is 10.4 Å². The van der Waals surface area contributed by atoms with Crippen LogP contribution < -0.4 is 10.4 Å². The number of hydroxylamine groups is 1. The van der Waals surface area contributed by atoms with Crippen LogP contribution in [0.15, 0.2) is 18.2 Å². The summed E-state index contributed by atoms with van der Waals surface area (Å²) in [6.45, 7) is 8.40. The lowest BCUT2D eigenvalue weighted by Crippen LogP contribution is -2.49. The fourth-order valence-corrected chi connectivity index (χ4v) is 4.54. The van der Waals surface area contributed by atoms with Crippen LogP contribution >= 0.6 is 0 Å². The highest BCUT2D eigenvalue weighted by molar-refractivity contribution is 5.97. The molecule has 0 radical (unpaired) electrons. The van der Waals surface area contributed by atoms with Crippen molar-refractivity contribution >= 4 is 17.5 Å². The van der Waals surface area contributed by atoms with E-state index in [9.17, 15) is 9.59 Å². The molecule has 3 rings (SSSR count). The Balaban J connectivity index is 1.73. The van der Waals surface area contributed by atoms with Crippen LogP contribution in [0.25, 0.3) is 0 Å². The molecule has 6 heteroatoms. The van der Waals surface area contributed by atoms with Crippen molar-refractivity contribution < 1.29 is 14.8 Å². The predicted octanol–water partition coefficient (Wildman–Crippen LogP) is 2.77. The summed E-state index contributed by atoms with van der Waals surface area (Å²) in [6.07, 6.45) is 3.89. The van der Waals surface area contributed by atoms with E-state index in [1.807, 2.05) is 19.2 Å². The van der Waals surface area contributed by atoms with Crippen LogP contribution in [0.3, 0.4) is 0 Å². The van der Waals surface area contributed by atoms with Crippen molar-refractivity contribution in [2.24, 2.45) is 11.3 Å². The number of nitrogens with one attached hydrogen (secondary N) is 1. The van der Waals surface area contributed by atoms with Crippen molar-refractivity contribution in [3.63, 3.8) is 0 Å². The zero-order valence-electron chi connectivity index (χ0n) is 17.5. The average Bonchev–Trinajstić information content (AvgIpc) is 2.71. The Hall–Kier alpha value is -1.92. The number of piperidine rings is 1. The summed E-state index contributed by atoms with van der Waals surface area (Å²) in [4.78, 5) is 29.3. The molecule has 1 heterocycles. The number of benzene rings is 1. The highest BCUT2D eigenvalue weighted by Crippen LogP contribution is 2.36. The molecule has 0 saturated carbocycles. The molecule has 1 aromatic rings. The van der Waals surface area contributed by atoms with Gasteiger partial charge in [-0.2, -0.15) is 0 Å². The first-order chi connectivity index (χ1) is 13.2. The third kappa shape index (κ3) is 4.08. The van der Waals surface area contributed by atoms with Crippen molar-refractivity contribution in [1.29, 1.82) is 0 Å². The number of amides is 2. The average molecular weight is 388 g/mol. The van der Waals surface area contributed by atoms with E-state index in [-0.39, 0.29) is 23.1 Å². The van der Waals surface area contributed by atoms with E-state index in [1.165, 1.54) is 5.56 Å². The van der Waals surface area contributed by atoms with Crippen molar-refractivity contribution in [3.8, 4) is 0 Å². The summed E-state index contributed by atoms with van der Waals surface area (Å²) in [5.74, 6) is -0.382. The number of aryl methyl sites for hydroxylation is 1. The highest BCUT2D eigenvalue weighted by Gasteiger charge is 2.39. The molecule has 1 aliphatic carbocycles. The van der Waals surface area contributed by atoms with Gasteiger partial charge in [-0.1, -0.05) is 13.0 Å². The minimum absolute atomic E-state index is 0.163. The predicted molar refractivity (Wildman–Crippen MR) is 109 cm³/mol. The van der Waals surface area contributed by atoms with E-state index in [0.717, 1.165) is 50.0 Å². The van der Waals surface area contributed by atoms with Gasteiger partial charge in [-0.3, -0.25) is 14.8 Å². The molecule has 154 valence electrons. The number of nitrogens with zero attached hydrogens (tertiary/aromatic N) is 2. The molecule has 1 atom stereocenters. The Morgan fingerprint density at radius 3 is 2.54 bits per heavy atom. The summed E-state index contributed by atoms with van der Waals surface area (Å²) in [5, 5.41) is 8.92. The van der Waals surface area contributed by atoms with Gasteiger partial charge in [-0.15, -0.1) is 0 Å². The van der Waals surface area contributed by atoms with Gasteiger partial charge in [0.25, 0.3) is 0 Å². The quantitative estimate of drug-likeness (QED) is 0.615. The van der Waals surface area contributed by atoms with Crippen LogP contribution in [0.2, 0.25) is 0 Å². The molecule has 2 aliphatic rings. The Morgan fingerprint density at radius 1 is 1.25 bits per heavy atom. The molecule has 1 aliphatic heterocycles. The Bertz CT molecular complexity index is 739. The first-order valence-electron chi connectivity index (χ1n) is 10.3. The molecule has 1 fully saturated rings. The van der Waals surface area contributed by atoms with E-state index >= 15 is 0 Å². The van der Waals surface area contributed by atoms with Gasteiger partial charge in [0.05, 0.1) is 0 Å². The number of likely N-dealkylation sites (tertiary alicyclic amines) is 1. The second-order valence-electron chi connectivity index (χ2n) is 8.92. The number of rotatable bonds is 4. The third-order valence-corrected chi connectivity index (χ3v) is 6.74. The molecule has 1 saturated heterocycles. The monoisotopic (exact) mass is 387 g/mol. The molecule has 0 aromatic heterocycles. The summed E-state index contributed by atoms with van der Waals surface area (Å²) < 4.78 is 0. The SMILES string of the molecule is CC(C)N1CCC(C)(C(=O)N(C)c2ccc3c(c2)CC(C(=O)NO)CC3)CC1. The van der Waals surface area contributed by atoms with Crippen LogP contribution in [-0.4, -0.2) is 48.1 Å². The largest absolute Gasteiger partial charge is 0.315 e. The molecular formula is C22H33N3O3. The Labute approximate surface area is 167 Å². The number of carbonyl (C=O) groups excluding carboxylic acids is 2. The highest BCUT2D eigenvalue weighted by atomic mass is 16.5. The van der Waals surface area contributed by atoms with Gasteiger partial charge < -0.3 is 9.80 Å². The number of hydrogen-bond donors (Lipinski definition) is 2. The van der Waals surface area contributed by atoms with Crippen LogP contribution in [0, 0.1) is 11.3 Å². The van der Waals surface area contributed by atoms with E-state index < -0.39 is 0 Å². The molecule has 2 N–H and O–H groups in total. The van der Waals surface area contributed by atoms with Gasteiger partial charge in [0, 0.05) is 30.1 Å². The van der Waals surface area contributed by atoms with Gasteiger partial charge in [0.2, 0.25) is 11.8 Å². The van der Waals surface area contributed by atoms with Gasteiger partial charge in [-0.25, -0.2) is 5.48 Å². The van der Waals surface area contributed by atoms with Gasteiger partial charge in [0.15, 0.2) is 0 Å². The molecule has 1 aromatic carbocycles. The zero-order valence-corrected chi connectivity index (χ0v) is 17.5. The van der Waals surface area contributed by atoms with Crippen molar-refractivity contribution in [2.75, 3.05) is 25.0 Å². The lowest BCUT2D eigenvalue weighted by Gasteiger charge is -2.41. The second kappa shape index (κ2) is 8.21. The van der Waals surface area contributed by atoms with Crippen LogP contribution in [-0.2, 0) is 22.4 Å². The van der Waals surface area contributed by atoms with Gasteiger partial charge in [-0.05, 0) is 82.3 Å². The maximum atomic E-state index is 13.3. The maximum Gasteiger partial charge on any atom is 0.246 e. The molecule has 2 amide bonds.